The van der Waals surface area contributed by atoms with Gasteiger partial charge in [0.1, 0.15) is 0 Å². The number of aliphatic hydroxyl groups is 1. The van der Waals surface area contributed by atoms with E-state index >= 15 is 0 Å². The van der Waals surface area contributed by atoms with Crippen LogP contribution in [-0.4, -0.2) is 11.7 Å². The van der Waals surface area contributed by atoms with Gasteiger partial charge in [-0.3, -0.25) is 0 Å². The van der Waals surface area contributed by atoms with Crippen LogP contribution in [0.2, 0.25) is 0 Å². The van der Waals surface area contributed by atoms with Crippen molar-refractivity contribution in [1.82, 2.24) is 0 Å². The maximum atomic E-state index is 8.70. The molecule has 0 radical (unpaired) electrons. The first kappa shape index (κ1) is 11.5. The van der Waals surface area contributed by atoms with Gasteiger partial charge in [-0.1, -0.05) is 55.9 Å². The van der Waals surface area contributed by atoms with Crippen LogP contribution >= 0.6 is 0 Å². The molecule has 0 spiro atoms. The van der Waals surface area contributed by atoms with Crippen molar-refractivity contribution < 1.29 is 5.11 Å². The van der Waals surface area contributed by atoms with Gasteiger partial charge in [0.25, 0.3) is 0 Å². The van der Waals surface area contributed by atoms with Crippen LogP contribution in [-0.2, 0) is 0 Å². The van der Waals surface area contributed by atoms with Crippen molar-refractivity contribution in [2.75, 3.05) is 6.61 Å². The normalized spacial score (nSPS) is 20.6. The molecule has 0 aromatic carbocycles. The van der Waals surface area contributed by atoms with Crippen LogP contribution in [0.5, 0.6) is 0 Å². The summed E-state index contributed by atoms with van der Waals surface area (Å²) in [6.45, 7) is 2.24. The quantitative estimate of drug-likeness (QED) is 0.680. The monoisotopic (exact) mass is 194 g/mol. The second-order valence-corrected chi connectivity index (χ2v) is 4.16. The third kappa shape index (κ3) is 4.10. The Kier molecular flexibility index (Phi) is 5.62. The van der Waals surface area contributed by atoms with Crippen molar-refractivity contribution in [3.05, 3.63) is 23.8 Å². The van der Waals surface area contributed by atoms with Crippen LogP contribution in [0.15, 0.2) is 23.8 Å². The average Bonchev–Trinajstić information content (AvgIpc) is 2.25. The van der Waals surface area contributed by atoms with Crippen LogP contribution in [0.25, 0.3) is 0 Å². The summed E-state index contributed by atoms with van der Waals surface area (Å²) in [5, 5.41) is 8.70. The van der Waals surface area contributed by atoms with Crippen LogP contribution in [0.1, 0.15) is 45.4 Å². The predicted octanol–water partition coefficient (Wildman–Crippen LogP) is 3.45. The molecule has 1 aliphatic carbocycles. The molecular weight excluding hydrogens is 172 g/mol. The summed E-state index contributed by atoms with van der Waals surface area (Å²) in [6, 6.07) is 0. The lowest BCUT2D eigenvalue weighted by atomic mass is 9.84. The number of allylic oxidation sites excluding steroid dienone is 3. The lowest BCUT2D eigenvalue weighted by Gasteiger charge is -2.21. The predicted molar refractivity (Wildman–Crippen MR) is 61.2 cm³/mol. The van der Waals surface area contributed by atoms with Gasteiger partial charge in [0.15, 0.2) is 0 Å². The average molecular weight is 194 g/mol. The van der Waals surface area contributed by atoms with E-state index in [1.165, 1.54) is 44.1 Å². The Morgan fingerprint density at radius 2 is 2.00 bits per heavy atom. The maximum Gasteiger partial charge on any atom is 0.0615 e. The highest BCUT2D eigenvalue weighted by atomic mass is 16.2. The molecule has 0 bridgehead atoms. The van der Waals surface area contributed by atoms with Gasteiger partial charge in [0.2, 0.25) is 0 Å². The molecule has 0 heterocycles. The van der Waals surface area contributed by atoms with Gasteiger partial charge in [0.05, 0.1) is 6.61 Å². The Morgan fingerprint density at radius 1 is 1.29 bits per heavy atom. The molecule has 1 N–H and O–H groups in total. The van der Waals surface area contributed by atoms with E-state index in [0.29, 0.717) is 0 Å². The van der Waals surface area contributed by atoms with Gasteiger partial charge in [-0.05, 0) is 19.3 Å². The van der Waals surface area contributed by atoms with Crippen molar-refractivity contribution in [2.24, 2.45) is 5.92 Å². The van der Waals surface area contributed by atoms with E-state index in [2.05, 4.69) is 19.1 Å². The van der Waals surface area contributed by atoms with Crippen molar-refractivity contribution in [3.63, 3.8) is 0 Å². The van der Waals surface area contributed by atoms with Gasteiger partial charge in [-0.2, -0.15) is 0 Å². The Labute approximate surface area is 87.5 Å². The van der Waals surface area contributed by atoms with Crippen LogP contribution in [0.3, 0.4) is 0 Å². The number of rotatable bonds is 4. The minimum Gasteiger partial charge on any atom is -0.392 e. The molecule has 0 saturated heterocycles. The fourth-order valence-corrected chi connectivity index (χ4v) is 2.21. The zero-order valence-electron chi connectivity index (χ0n) is 9.21. The smallest absolute Gasteiger partial charge is 0.0615 e. The minimum atomic E-state index is 0.155. The first-order valence-corrected chi connectivity index (χ1v) is 5.79. The topological polar surface area (TPSA) is 20.2 Å². The number of hydrogen-bond acceptors (Lipinski definition) is 1. The molecule has 1 saturated carbocycles. The number of aliphatic hydroxyl groups excluding tert-OH is 1. The third-order valence-corrected chi connectivity index (χ3v) is 3.06. The van der Waals surface area contributed by atoms with E-state index in [1.807, 2.05) is 6.08 Å². The van der Waals surface area contributed by atoms with E-state index in [1.54, 1.807) is 0 Å². The number of hydrogen-bond donors (Lipinski definition) is 1. The van der Waals surface area contributed by atoms with Crippen molar-refractivity contribution in [3.8, 4) is 0 Å². The Hall–Kier alpha value is -0.560. The fraction of sp³-hybridized carbons (Fsp3) is 0.692. The summed E-state index contributed by atoms with van der Waals surface area (Å²) in [4.78, 5) is 0. The van der Waals surface area contributed by atoms with Gasteiger partial charge in [-0.25, -0.2) is 0 Å². The van der Waals surface area contributed by atoms with Gasteiger partial charge >= 0.3 is 0 Å². The standard InChI is InChI=1S/C13H22O/c1-2-12(9-6-10-14)11-13-7-4-3-5-8-13/h2,6,9,13-14H,3-5,7-8,10-11H2,1H3/b9-6-,12-2+. The van der Waals surface area contributed by atoms with E-state index in [4.69, 9.17) is 5.11 Å². The van der Waals surface area contributed by atoms with Gasteiger partial charge < -0.3 is 5.11 Å². The molecule has 1 aliphatic rings. The Balaban J connectivity index is 2.35. The van der Waals surface area contributed by atoms with Crippen LogP contribution < -0.4 is 0 Å². The highest BCUT2D eigenvalue weighted by molar-refractivity contribution is 5.18. The molecule has 0 unspecified atom stereocenters. The van der Waals surface area contributed by atoms with Crippen molar-refractivity contribution in [2.45, 2.75) is 45.4 Å². The molecule has 0 atom stereocenters. The summed E-state index contributed by atoms with van der Waals surface area (Å²) in [7, 11) is 0. The molecule has 0 aromatic heterocycles. The zero-order valence-corrected chi connectivity index (χ0v) is 9.21. The molecule has 1 nitrogen and oxygen atoms in total. The summed E-state index contributed by atoms with van der Waals surface area (Å²) < 4.78 is 0. The summed E-state index contributed by atoms with van der Waals surface area (Å²) in [6.07, 6.45) is 14.3. The van der Waals surface area contributed by atoms with E-state index < -0.39 is 0 Å². The summed E-state index contributed by atoms with van der Waals surface area (Å²) in [5.41, 5.74) is 1.38. The van der Waals surface area contributed by atoms with Gasteiger partial charge in [0, 0.05) is 0 Å². The largest absolute Gasteiger partial charge is 0.392 e. The lowest BCUT2D eigenvalue weighted by molar-refractivity contribution is 0.342. The van der Waals surface area contributed by atoms with E-state index in [0.717, 1.165) is 5.92 Å². The molecule has 1 rings (SSSR count). The first-order chi connectivity index (χ1) is 6.86. The zero-order chi connectivity index (χ0) is 10.2. The van der Waals surface area contributed by atoms with Crippen molar-refractivity contribution in [1.29, 1.82) is 0 Å². The van der Waals surface area contributed by atoms with E-state index in [9.17, 15) is 0 Å². The highest BCUT2D eigenvalue weighted by Gasteiger charge is 2.13. The second kappa shape index (κ2) is 6.83. The van der Waals surface area contributed by atoms with E-state index in [-0.39, 0.29) is 6.61 Å². The van der Waals surface area contributed by atoms with Gasteiger partial charge in [-0.15, -0.1) is 0 Å². The first-order valence-electron chi connectivity index (χ1n) is 5.79. The van der Waals surface area contributed by atoms with Crippen molar-refractivity contribution >= 4 is 0 Å². The SMILES string of the molecule is C/C=C(\C=C/CO)CC1CCCCC1. The summed E-state index contributed by atoms with van der Waals surface area (Å²) >= 11 is 0. The Bertz CT molecular complexity index is 197. The maximum absolute atomic E-state index is 8.70. The molecular formula is C13H22O. The molecule has 0 aromatic rings. The van der Waals surface area contributed by atoms with Crippen LogP contribution in [0.4, 0.5) is 0 Å². The lowest BCUT2D eigenvalue weighted by Crippen LogP contribution is -2.06. The molecule has 0 aliphatic heterocycles. The molecule has 0 amide bonds. The molecule has 14 heavy (non-hydrogen) atoms. The molecule has 1 heteroatoms. The minimum absolute atomic E-state index is 0.155. The fourth-order valence-electron chi connectivity index (χ4n) is 2.21. The molecule has 1 fully saturated rings. The third-order valence-electron chi connectivity index (χ3n) is 3.06. The molecule has 80 valence electrons. The second-order valence-electron chi connectivity index (χ2n) is 4.16. The van der Waals surface area contributed by atoms with Crippen LogP contribution in [0, 0.1) is 5.92 Å². The highest BCUT2D eigenvalue weighted by Crippen LogP contribution is 2.29. The summed E-state index contributed by atoms with van der Waals surface area (Å²) in [5.74, 6) is 0.887. The Morgan fingerprint density at radius 3 is 2.57 bits per heavy atom.